The van der Waals surface area contributed by atoms with Crippen LogP contribution in [0.5, 0.6) is 0 Å². The molecule has 0 bridgehead atoms. The van der Waals surface area contributed by atoms with E-state index in [1.807, 2.05) is 0 Å². The number of H-pyrrole nitrogens is 1. The average Bonchev–Trinajstić information content (AvgIpc) is 2.88. The summed E-state index contributed by atoms with van der Waals surface area (Å²) in [6.45, 7) is 8.13. The van der Waals surface area contributed by atoms with Crippen LogP contribution in [0, 0.1) is 17.8 Å². The van der Waals surface area contributed by atoms with Gasteiger partial charge in [0.05, 0.1) is 0 Å². The van der Waals surface area contributed by atoms with Gasteiger partial charge in [-0.3, -0.25) is 0 Å². The van der Waals surface area contributed by atoms with Gasteiger partial charge >= 0.3 is 0 Å². The molecule has 0 spiro atoms. The number of aromatic amines is 1. The summed E-state index contributed by atoms with van der Waals surface area (Å²) in [6, 6.07) is 9.25. The predicted octanol–water partition coefficient (Wildman–Crippen LogP) is 4.72. The van der Waals surface area contributed by atoms with Gasteiger partial charge in [-0.25, -0.2) is 0 Å². The van der Waals surface area contributed by atoms with E-state index >= 15 is 0 Å². The van der Waals surface area contributed by atoms with Gasteiger partial charge in [0.15, 0.2) is 0 Å². The van der Waals surface area contributed by atoms with Crippen molar-refractivity contribution in [2.45, 2.75) is 52.6 Å². The Morgan fingerprint density at radius 1 is 1.24 bits per heavy atom. The maximum Gasteiger partial charge on any atom is 0.0457 e. The van der Waals surface area contributed by atoms with Gasteiger partial charge in [0.2, 0.25) is 0 Å². The van der Waals surface area contributed by atoms with E-state index in [9.17, 15) is 0 Å². The van der Waals surface area contributed by atoms with Gasteiger partial charge in [-0.1, -0.05) is 45.4 Å². The molecule has 3 rings (SSSR count). The van der Waals surface area contributed by atoms with Crippen molar-refractivity contribution in [2.24, 2.45) is 17.8 Å². The molecule has 3 unspecified atom stereocenters. The first-order valence-electron chi connectivity index (χ1n) is 8.43. The maximum absolute atomic E-state index is 3.86. The first kappa shape index (κ1) is 14.6. The van der Waals surface area contributed by atoms with Crippen molar-refractivity contribution >= 4 is 10.9 Å². The molecule has 1 aliphatic rings. The molecule has 21 heavy (non-hydrogen) atoms. The van der Waals surface area contributed by atoms with Gasteiger partial charge in [-0.05, 0) is 42.2 Å². The molecule has 2 N–H and O–H groups in total. The topological polar surface area (TPSA) is 27.8 Å². The summed E-state index contributed by atoms with van der Waals surface area (Å²) < 4.78 is 0. The lowest BCUT2D eigenvalue weighted by Gasteiger charge is -2.38. The van der Waals surface area contributed by atoms with Crippen LogP contribution in [0.2, 0.25) is 0 Å². The SMILES string of the molecule is CC1CCC(C(C)C)C(NCc2c[nH]c3ccccc23)C1. The molecule has 0 saturated heterocycles. The molecule has 2 nitrogen and oxygen atoms in total. The Labute approximate surface area is 128 Å². The first-order valence-corrected chi connectivity index (χ1v) is 8.43. The predicted molar refractivity (Wildman–Crippen MR) is 90.3 cm³/mol. The van der Waals surface area contributed by atoms with E-state index in [2.05, 4.69) is 61.5 Å². The molecule has 1 heterocycles. The molecule has 0 amide bonds. The monoisotopic (exact) mass is 284 g/mol. The fourth-order valence-electron chi connectivity index (χ4n) is 3.96. The summed E-state index contributed by atoms with van der Waals surface area (Å²) in [7, 11) is 0. The van der Waals surface area contributed by atoms with Gasteiger partial charge in [0.25, 0.3) is 0 Å². The number of rotatable bonds is 4. The van der Waals surface area contributed by atoms with Gasteiger partial charge in [0.1, 0.15) is 0 Å². The van der Waals surface area contributed by atoms with Gasteiger partial charge in [0, 0.05) is 29.7 Å². The van der Waals surface area contributed by atoms with Crippen molar-refractivity contribution in [2.75, 3.05) is 0 Å². The van der Waals surface area contributed by atoms with Crippen LogP contribution in [0.1, 0.15) is 45.6 Å². The fraction of sp³-hybridized carbons (Fsp3) is 0.579. The summed E-state index contributed by atoms with van der Waals surface area (Å²) in [5, 5.41) is 5.21. The number of hydrogen-bond acceptors (Lipinski definition) is 1. The third-order valence-electron chi connectivity index (χ3n) is 5.25. The van der Waals surface area contributed by atoms with Gasteiger partial charge in [-0.2, -0.15) is 0 Å². The highest BCUT2D eigenvalue weighted by atomic mass is 14.9. The van der Waals surface area contributed by atoms with Crippen LogP contribution < -0.4 is 5.32 Å². The highest BCUT2D eigenvalue weighted by Gasteiger charge is 2.30. The second-order valence-corrected chi connectivity index (χ2v) is 7.17. The molecular formula is C19H28N2. The van der Waals surface area contributed by atoms with E-state index in [1.165, 1.54) is 35.7 Å². The van der Waals surface area contributed by atoms with E-state index < -0.39 is 0 Å². The molecule has 1 aliphatic carbocycles. The Hall–Kier alpha value is -1.28. The molecule has 1 saturated carbocycles. The molecule has 3 atom stereocenters. The Bertz CT molecular complexity index is 584. The fourth-order valence-corrected chi connectivity index (χ4v) is 3.96. The van der Waals surface area contributed by atoms with Crippen LogP contribution >= 0.6 is 0 Å². The summed E-state index contributed by atoms with van der Waals surface area (Å²) >= 11 is 0. The molecular weight excluding hydrogens is 256 g/mol. The minimum Gasteiger partial charge on any atom is -0.361 e. The number of nitrogens with one attached hydrogen (secondary N) is 2. The molecule has 1 aromatic heterocycles. The quantitative estimate of drug-likeness (QED) is 0.835. The molecule has 0 aliphatic heterocycles. The van der Waals surface area contributed by atoms with E-state index in [0.29, 0.717) is 6.04 Å². The number of benzene rings is 1. The Kier molecular flexibility index (Phi) is 4.34. The summed E-state index contributed by atoms with van der Waals surface area (Å²) in [4.78, 5) is 3.38. The molecule has 114 valence electrons. The zero-order valence-electron chi connectivity index (χ0n) is 13.5. The summed E-state index contributed by atoms with van der Waals surface area (Å²) in [5.74, 6) is 2.46. The van der Waals surface area contributed by atoms with Crippen LogP contribution in [0.25, 0.3) is 10.9 Å². The Balaban J connectivity index is 1.70. The van der Waals surface area contributed by atoms with Crippen LogP contribution in [0.4, 0.5) is 0 Å². The molecule has 0 radical (unpaired) electrons. The van der Waals surface area contributed by atoms with Gasteiger partial charge < -0.3 is 10.3 Å². The van der Waals surface area contributed by atoms with Crippen molar-refractivity contribution in [1.82, 2.24) is 10.3 Å². The number of hydrogen-bond donors (Lipinski definition) is 2. The molecule has 1 aromatic carbocycles. The number of para-hydroxylation sites is 1. The van der Waals surface area contributed by atoms with Crippen molar-refractivity contribution in [3.63, 3.8) is 0 Å². The van der Waals surface area contributed by atoms with Crippen molar-refractivity contribution in [3.05, 3.63) is 36.0 Å². The Morgan fingerprint density at radius 2 is 2.05 bits per heavy atom. The largest absolute Gasteiger partial charge is 0.361 e. The molecule has 1 fully saturated rings. The van der Waals surface area contributed by atoms with E-state index in [-0.39, 0.29) is 0 Å². The van der Waals surface area contributed by atoms with Crippen LogP contribution in [0.3, 0.4) is 0 Å². The third kappa shape index (κ3) is 3.16. The summed E-state index contributed by atoms with van der Waals surface area (Å²) in [6.07, 6.45) is 6.26. The third-order valence-corrected chi connectivity index (χ3v) is 5.25. The second kappa shape index (κ2) is 6.23. The highest BCUT2D eigenvalue weighted by Crippen LogP contribution is 2.33. The van der Waals surface area contributed by atoms with Gasteiger partial charge in [-0.15, -0.1) is 0 Å². The smallest absolute Gasteiger partial charge is 0.0457 e. The van der Waals surface area contributed by atoms with Crippen LogP contribution in [-0.2, 0) is 6.54 Å². The van der Waals surface area contributed by atoms with E-state index in [0.717, 1.165) is 24.3 Å². The maximum atomic E-state index is 3.86. The van der Waals surface area contributed by atoms with Crippen molar-refractivity contribution in [1.29, 1.82) is 0 Å². The zero-order valence-corrected chi connectivity index (χ0v) is 13.5. The van der Waals surface area contributed by atoms with Crippen molar-refractivity contribution < 1.29 is 0 Å². The second-order valence-electron chi connectivity index (χ2n) is 7.17. The normalized spacial score (nSPS) is 26.6. The number of aromatic nitrogens is 1. The van der Waals surface area contributed by atoms with Crippen LogP contribution in [-0.4, -0.2) is 11.0 Å². The lowest BCUT2D eigenvalue weighted by molar-refractivity contribution is 0.169. The van der Waals surface area contributed by atoms with Crippen molar-refractivity contribution in [3.8, 4) is 0 Å². The van der Waals surface area contributed by atoms with E-state index in [1.54, 1.807) is 0 Å². The minimum absolute atomic E-state index is 0.669. The average molecular weight is 284 g/mol. The highest BCUT2D eigenvalue weighted by molar-refractivity contribution is 5.82. The first-order chi connectivity index (χ1) is 10.1. The lowest BCUT2D eigenvalue weighted by atomic mass is 9.74. The molecule has 2 aromatic rings. The lowest BCUT2D eigenvalue weighted by Crippen LogP contribution is -2.42. The molecule has 2 heteroatoms. The Morgan fingerprint density at radius 3 is 2.86 bits per heavy atom. The van der Waals surface area contributed by atoms with E-state index in [4.69, 9.17) is 0 Å². The summed E-state index contributed by atoms with van der Waals surface area (Å²) in [5.41, 5.74) is 2.64. The zero-order chi connectivity index (χ0) is 14.8. The minimum atomic E-state index is 0.669. The number of fused-ring (bicyclic) bond motifs is 1. The standard InChI is InChI=1S/C19H28N2/c1-13(2)16-9-8-14(3)10-19(16)21-12-15-11-20-18-7-5-4-6-17(15)18/h4-7,11,13-14,16,19-21H,8-10,12H2,1-3H3. The van der Waals surface area contributed by atoms with Crippen LogP contribution in [0.15, 0.2) is 30.5 Å².